The molecule has 0 amide bonds. The fraction of sp³-hybridized carbons (Fsp3) is 0.357. The second-order valence-corrected chi connectivity index (χ2v) is 5.51. The molecule has 4 nitrogen and oxygen atoms in total. The summed E-state index contributed by atoms with van der Waals surface area (Å²) < 4.78 is 3.18. The van der Waals surface area contributed by atoms with Gasteiger partial charge < -0.3 is 4.57 Å². The van der Waals surface area contributed by atoms with E-state index in [-0.39, 0.29) is 6.04 Å². The van der Waals surface area contributed by atoms with Crippen LogP contribution in [0.3, 0.4) is 0 Å². The number of imidazole rings is 1. The van der Waals surface area contributed by atoms with Gasteiger partial charge >= 0.3 is 0 Å². The summed E-state index contributed by atoms with van der Waals surface area (Å²) in [7, 11) is 2.01. The molecule has 3 N–H and O–H groups in total. The Morgan fingerprint density at radius 1 is 1.42 bits per heavy atom. The zero-order chi connectivity index (χ0) is 13.7. The number of benzene rings is 1. The zero-order valence-electron chi connectivity index (χ0n) is 11.0. The maximum absolute atomic E-state index is 5.66. The average Bonchev–Trinajstić information content (AvgIpc) is 2.82. The van der Waals surface area contributed by atoms with E-state index in [0.717, 1.165) is 29.6 Å². The molecule has 0 spiro atoms. The SMILES string of the molecule is Cn1ccnc1CCC(Cc1ccccc1Br)NN. The van der Waals surface area contributed by atoms with Crippen LogP contribution >= 0.6 is 15.9 Å². The third-order valence-electron chi connectivity index (χ3n) is 3.30. The second-order valence-electron chi connectivity index (χ2n) is 4.65. The zero-order valence-corrected chi connectivity index (χ0v) is 12.6. The molecular weight excluding hydrogens is 304 g/mol. The number of aryl methyl sites for hydroxylation is 2. The van der Waals surface area contributed by atoms with Crippen molar-refractivity contribution in [2.75, 3.05) is 0 Å². The molecule has 2 rings (SSSR count). The van der Waals surface area contributed by atoms with Crippen LogP contribution < -0.4 is 11.3 Å². The van der Waals surface area contributed by atoms with Gasteiger partial charge in [-0.05, 0) is 24.5 Å². The first-order valence-corrected chi connectivity index (χ1v) is 7.15. The first kappa shape index (κ1) is 14.2. The molecule has 0 bridgehead atoms. The summed E-state index contributed by atoms with van der Waals surface area (Å²) in [5.41, 5.74) is 4.17. The maximum atomic E-state index is 5.66. The van der Waals surface area contributed by atoms with Crippen molar-refractivity contribution >= 4 is 15.9 Å². The highest BCUT2D eigenvalue weighted by atomic mass is 79.9. The highest BCUT2D eigenvalue weighted by Crippen LogP contribution is 2.18. The first-order chi connectivity index (χ1) is 9.20. The van der Waals surface area contributed by atoms with Gasteiger partial charge in [-0.2, -0.15) is 0 Å². The lowest BCUT2D eigenvalue weighted by Gasteiger charge is -2.16. The minimum Gasteiger partial charge on any atom is -0.338 e. The molecule has 0 aliphatic rings. The van der Waals surface area contributed by atoms with E-state index in [1.54, 1.807) is 0 Å². The molecule has 0 aliphatic heterocycles. The van der Waals surface area contributed by atoms with Crippen LogP contribution in [-0.4, -0.2) is 15.6 Å². The summed E-state index contributed by atoms with van der Waals surface area (Å²) in [4.78, 5) is 4.33. The van der Waals surface area contributed by atoms with Crippen LogP contribution in [0.25, 0.3) is 0 Å². The molecule has 1 heterocycles. The largest absolute Gasteiger partial charge is 0.338 e. The monoisotopic (exact) mass is 322 g/mol. The lowest BCUT2D eigenvalue weighted by Crippen LogP contribution is -2.37. The van der Waals surface area contributed by atoms with Crippen LogP contribution in [0.15, 0.2) is 41.1 Å². The molecule has 0 saturated carbocycles. The minimum absolute atomic E-state index is 0.246. The van der Waals surface area contributed by atoms with Crippen LogP contribution in [-0.2, 0) is 19.9 Å². The Kier molecular flexibility index (Phi) is 5.13. The second kappa shape index (κ2) is 6.84. The van der Waals surface area contributed by atoms with E-state index in [9.17, 15) is 0 Å². The molecule has 0 fully saturated rings. The van der Waals surface area contributed by atoms with Gasteiger partial charge in [-0.25, -0.2) is 4.98 Å². The summed E-state index contributed by atoms with van der Waals surface area (Å²) in [5.74, 6) is 6.75. The number of nitrogens with one attached hydrogen (secondary N) is 1. The van der Waals surface area contributed by atoms with E-state index in [1.165, 1.54) is 5.56 Å². The van der Waals surface area contributed by atoms with Crippen molar-refractivity contribution in [1.82, 2.24) is 15.0 Å². The summed E-state index contributed by atoms with van der Waals surface area (Å²) in [6.07, 6.45) is 6.58. The molecule has 0 aliphatic carbocycles. The van der Waals surface area contributed by atoms with Gasteiger partial charge in [0.05, 0.1) is 0 Å². The number of aromatic nitrogens is 2. The van der Waals surface area contributed by atoms with E-state index in [2.05, 4.69) is 38.5 Å². The predicted molar refractivity (Wildman–Crippen MR) is 80.5 cm³/mol. The number of hydrogen-bond donors (Lipinski definition) is 2. The van der Waals surface area contributed by atoms with Gasteiger partial charge in [0, 0.05) is 36.4 Å². The van der Waals surface area contributed by atoms with Gasteiger partial charge in [0.2, 0.25) is 0 Å². The van der Waals surface area contributed by atoms with Gasteiger partial charge in [-0.15, -0.1) is 0 Å². The van der Waals surface area contributed by atoms with Crippen LogP contribution in [0.2, 0.25) is 0 Å². The van der Waals surface area contributed by atoms with Gasteiger partial charge in [0.25, 0.3) is 0 Å². The molecule has 1 aromatic heterocycles. The van der Waals surface area contributed by atoms with Gasteiger partial charge in [-0.3, -0.25) is 11.3 Å². The Morgan fingerprint density at radius 3 is 2.84 bits per heavy atom. The normalized spacial score (nSPS) is 12.6. The van der Waals surface area contributed by atoms with Gasteiger partial charge in [-0.1, -0.05) is 34.1 Å². The molecule has 19 heavy (non-hydrogen) atoms. The molecule has 0 saturated heterocycles. The summed E-state index contributed by atoms with van der Waals surface area (Å²) >= 11 is 3.57. The van der Waals surface area contributed by atoms with Crippen molar-refractivity contribution in [3.8, 4) is 0 Å². The van der Waals surface area contributed by atoms with Crippen molar-refractivity contribution in [2.45, 2.75) is 25.3 Å². The number of nitrogens with zero attached hydrogens (tertiary/aromatic N) is 2. The van der Waals surface area contributed by atoms with Crippen molar-refractivity contribution < 1.29 is 0 Å². The molecule has 0 radical (unpaired) electrons. The smallest absolute Gasteiger partial charge is 0.108 e. The van der Waals surface area contributed by atoms with Crippen molar-refractivity contribution in [3.05, 3.63) is 52.5 Å². The number of halogens is 1. The third-order valence-corrected chi connectivity index (χ3v) is 4.07. The predicted octanol–water partition coefficient (Wildman–Crippen LogP) is 2.19. The quantitative estimate of drug-likeness (QED) is 0.633. The highest BCUT2D eigenvalue weighted by molar-refractivity contribution is 9.10. The third kappa shape index (κ3) is 3.89. The number of nitrogens with two attached hydrogens (primary N) is 1. The van der Waals surface area contributed by atoms with Crippen molar-refractivity contribution in [1.29, 1.82) is 0 Å². The Balaban J connectivity index is 1.94. The van der Waals surface area contributed by atoms with E-state index in [1.807, 2.05) is 36.1 Å². The summed E-state index contributed by atoms with van der Waals surface area (Å²) in [6.45, 7) is 0. The van der Waals surface area contributed by atoms with Gasteiger partial charge in [0.1, 0.15) is 5.82 Å². The maximum Gasteiger partial charge on any atom is 0.108 e. The van der Waals surface area contributed by atoms with Crippen molar-refractivity contribution in [3.63, 3.8) is 0 Å². The molecule has 1 unspecified atom stereocenters. The minimum atomic E-state index is 0.246. The van der Waals surface area contributed by atoms with E-state index < -0.39 is 0 Å². The van der Waals surface area contributed by atoms with E-state index in [4.69, 9.17) is 5.84 Å². The fourth-order valence-corrected chi connectivity index (χ4v) is 2.56. The fourth-order valence-electron chi connectivity index (χ4n) is 2.11. The number of rotatable bonds is 6. The molecule has 102 valence electrons. The van der Waals surface area contributed by atoms with E-state index >= 15 is 0 Å². The molecular formula is C14H19BrN4. The van der Waals surface area contributed by atoms with Crippen LogP contribution in [0.1, 0.15) is 17.8 Å². The molecule has 1 aromatic carbocycles. The summed E-state index contributed by atoms with van der Waals surface area (Å²) in [6, 6.07) is 8.49. The summed E-state index contributed by atoms with van der Waals surface area (Å²) in [5, 5.41) is 0. The lowest BCUT2D eigenvalue weighted by atomic mass is 10.0. The lowest BCUT2D eigenvalue weighted by molar-refractivity contribution is 0.483. The van der Waals surface area contributed by atoms with Crippen LogP contribution in [0.4, 0.5) is 0 Å². The Hall–Kier alpha value is -1.17. The van der Waals surface area contributed by atoms with Crippen LogP contribution in [0.5, 0.6) is 0 Å². The van der Waals surface area contributed by atoms with Crippen molar-refractivity contribution in [2.24, 2.45) is 12.9 Å². The molecule has 1 atom stereocenters. The molecule has 2 aromatic rings. The van der Waals surface area contributed by atoms with Gasteiger partial charge in [0.15, 0.2) is 0 Å². The average molecular weight is 323 g/mol. The standard InChI is InChI=1S/C14H19BrN4/c1-19-9-8-17-14(19)7-6-12(18-16)10-11-4-2-3-5-13(11)15/h2-5,8-9,12,18H,6-7,10,16H2,1H3. The molecule has 5 heteroatoms. The number of hydrazine groups is 1. The topological polar surface area (TPSA) is 55.9 Å². The van der Waals surface area contributed by atoms with Crippen LogP contribution in [0, 0.1) is 0 Å². The van der Waals surface area contributed by atoms with E-state index in [0.29, 0.717) is 0 Å². The Bertz CT molecular complexity index is 524. The Morgan fingerprint density at radius 2 is 2.21 bits per heavy atom. The highest BCUT2D eigenvalue weighted by Gasteiger charge is 2.11. The first-order valence-electron chi connectivity index (χ1n) is 6.36. The Labute approximate surface area is 122 Å². The number of hydrogen-bond acceptors (Lipinski definition) is 3.